The zero-order valence-corrected chi connectivity index (χ0v) is 27.1. The van der Waals surface area contributed by atoms with Crippen LogP contribution in [0.3, 0.4) is 0 Å². The smallest absolute Gasteiger partial charge is 0.332 e. The first kappa shape index (κ1) is 33.7. The summed E-state index contributed by atoms with van der Waals surface area (Å²) in [5, 5.41) is 18.1. The van der Waals surface area contributed by atoms with Crippen LogP contribution in [0.4, 0.5) is 4.39 Å². The number of hydrogen-bond acceptors (Lipinski definition) is 9. The third-order valence-corrected chi connectivity index (χ3v) is 9.33. The molecule has 1 aromatic carbocycles. The molecule has 0 spiro atoms. The van der Waals surface area contributed by atoms with Crippen LogP contribution in [-0.2, 0) is 22.6 Å². The summed E-state index contributed by atoms with van der Waals surface area (Å²) < 4.78 is 21.8. The minimum Gasteiger partial charge on any atom is -0.496 e. The number of thiophene rings is 1. The van der Waals surface area contributed by atoms with Crippen LogP contribution in [0.15, 0.2) is 40.2 Å². The Hall–Kier alpha value is -4.17. The van der Waals surface area contributed by atoms with Crippen molar-refractivity contribution in [2.24, 2.45) is 0 Å². The SMILES string of the molecule is COc1ccc(F)cc1CCn1c(=O)n(C(C)C(=O)N(C)C(C)C)c(=O)c2c(C)c(-n3nccn3)sc21.O=C1CCC(O)CC1. The number of methoxy groups -OCH3 is 1. The molecule has 4 aromatic rings. The van der Waals surface area contributed by atoms with Crippen LogP contribution in [-0.4, -0.2) is 72.1 Å². The number of Topliss-reactive ketones (excluding diaryl/α,β-unsaturated/α-hetero) is 1. The van der Waals surface area contributed by atoms with Crippen LogP contribution in [0.2, 0.25) is 0 Å². The van der Waals surface area contributed by atoms with Gasteiger partial charge in [-0.15, -0.1) is 4.80 Å². The van der Waals surface area contributed by atoms with E-state index in [9.17, 15) is 23.6 Å². The van der Waals surface area contributed by atoms with Crippen molar-refractivity contribution >= 4 is 33.2 Å². The lowest BCUT2D eigenvalue weighted by Crippen LogP contribution is -2.47. The molecule has 0 aliphatic heterocycles. The van der Waals surface area contributed by atoms with E-state index in [1.54, 1.807) is 20.9 Å². The van der Waals surface area contributed by atoms with E-state index >= 15 is 0 Å². The third kappa shape index (κ3) is 7.22. The Labute approximate surface area is 263 Å². The fourth-order valence-electron chi connectivity index (χ4n) is 5.16. The van der Waals surface area contributed by atoms with Gasteiger partial charge in [-0.25, -0.2) is 13.8 Å². The van der Waals surface area contributed by atoms with Crippen LogP contribution in [0.5, 0.6) is 5.75 Å². The fourth-order valence-corrected chi connectivity index (χ4v) is 6.40. The number of halogens is 1. The van der Waals surface area contributed by atoms with E-state index in [0.717, 1.165) is 4.57 Å². The van der Waals surface area contributed by atoms with Crippen molar-refractivity contribution in [3.63, 3.8) is 0 Å². The van der Waals surface area contributed by atoms with Crippen molar-refractivity contribution in [1.82, 2.24) is 29.0 Å². The number of fused-ring (bicyclic) bond motifs is 1. The molecular weight excluding hydrogens is 603 g/mol. The second-order valence-corrected chi connectivity index (χ2v) is 12.3. The lowest BCUT2D eigenvalue weighted by atomic mass is 9.97. The summed E-state index contributed by atoms with van der Waals surface area (Å²) in [6, 6.07) is 3.05. The number of carbonyl (C=O) groups is 2. The molecule has 0 saturated heterocycles. The number of hydrogen-bond donors (Lipinski definition) is 1. The molecule has 12 nitrogen and oxygen atoms in total. The number of ketones is 1. The molecule has 1 atom stereocenters. The Balaban J connectivity index is 0.000000501. The molecule has 1 amide bonds. The lowest BCUT2D eigenvalue weighted by molar-refractivity contribution is -0.134. The highest BCUT2D eigenvalue weighted by molar-refractivity contribution is 7.21. The second-order valence-electron chi connectivity index (χ2n) is 11.3. The highest BCUT2D eigenvalue weighted by atomic mass is 32.1. The molecule has 1 aliphatic rings. The summed E-state index contributed by atoms with van der Waals surface area (Å²) in [5.41, 5.74) is 0.00644. The monoisotopic (exact) mass is 642 g/mol. The molecule has 1 fully saturated rings. The molecule has 1 saturated carbocycles. The minimum absolute atomic E-state index is 0.113. The van der Waals surface area contributed by atoms with Crippen molar-refractivity contribution in [1.29, 1.82) is 0 Å². The van der Waals surface area contributed by atoms with Gasteiger partial charge in [-0.3, -0.25) is 19.0 Å². The van der Waals surface area contributed by atoms with Crippen LogP contribution >= 0.6 is 11.3 Å². The number of aromatic nitrogens is 5. The number of carbonyl (C=O) groups excluding carboxylic acids is 2. The molecule has 45 heavy (non-hydrogen) atoms. The average molecular weight is 643 g/mol. The van der Waals surface area contributed by atoms with Gasteiger partial charge in [0.15, 0.2) is 0 Å². The third-order valence-electron chi connectivity index (χ3n) is 8.05. The van der Waals surface area contributed by atoms with Gasteiger partial charge >= 0.3 is 5.69 Å². The topological polar surface area (TPSA) is 142 Å². The largest absolute Gasteiger partial charge is 0.496 e. The molecule has 242 valence electrons. The van der Waals surface area contributed by atoms with Crippen LogP contribution < -0.4 is 16.0 Å². The fraction of sp³-hybridized carbons (Fsp3) is 0.484. The number of likely N-dealkylation sites (N-methyl/N-ethyl adjacent to an activating group) is 1. The molecule has 0 bridgehead atoms. The average Bonchev–Trinajstić information content (AvgIpc) is 3.66. The Morgan fingerprint density at radius 2 is 1.80 bits per heavy atom. The van der Waals surface area contributed by atoms with Gasteiger partial charge in [0.05, 0.1) is 31.0 Å². The van der Waals surface area contributed by atoms with Gasteiger partial charge in [0.2, 0.25) is 5.91 Å². The summed E-state index contributed by atoms with van der Waals surface area (Å²) in [7, 11) is 3.13. The quantitative estimate of drug-likeness (QED) is 0.308. The predicted octanol–water partition coefficient (Wildman–Crippen LogP) is 3.42. The maximum Gasteiger partial charge on any atom is 0.332 e. The molecule has 3 aromatic heterocycles. The van der Waals surface area contributed by atoms with Crippen molar-refractivity contribution in [3.05, 3.63) is 68.4 Å². The first-order chi connectivity index (χ1) is 21.3. The number of aliphatic hydroxyl groups excluding tert-OH is 1. The molecule has 1 N–H and O–H groups in total. The Morgan fingerprint density at radius 3 is 2.38 bits per heavy atom. The van der Waals surface area contributed by atoms with Crippen molar-refractivity contribution in [2.75, 3.05) is 14.2 Å². The van der Waals surface area contributed by atoms with Crippen molar-refractivity contribution < 1.29 is 23.8 Å². The number of rotatable bonds is 8. The highest BCUT2D eigenvalue weighted by Gasteiger charge is 2.28. The van der Waals surface area contributed by atoms with Crippen LogP contribution in [0.25, 0.3) is 15.2 Å². The normalized spacial score (nSPS) is 14.4. The zero-order chi connectivity index (χ0) is 33.0. The van der Waals surface area contributed by atoms with Crippen LogP contribution in [0.1, 0.15) is 63.6 Å². The molecule has 14 heteroatoms. The van der Waals surface area contributed by atoms with Crippen molar-refractivity contribution in [2.45, 2.75) is 84.5 Å². The zero-order valence-electron chi connectivity index (χ0n) is 26.3. The highest BCUT2D eigenvalue weighted by Crippen LogP contribution is 2.31. The molecule has 1 unspecified atom stereocenters. The Bertz CT molecular complexity index is 1780. The van der Waals surface area contributed by atoms with Gasteiger partial charge in [-0.1, -0.05) is 11.3 Å². The lowest BCUT2D eigenvalue weighted by Gasteiger charge is -2.26. The van der Waals surface area contributed by atoms with Gasteiger partial charge in [-0.2, -0.15) is 10.2 Å². The molecule has 1 aliphatic carbocycles. The second kappa shape index (κ2) is 14.3. The van der Waals surface area contributed by atoms with Gasteiger partial charge in [0, 0.05) is 38.0 Å². The minimum atomic E-state index is -1.03. The molecule has 0 radical (unpaired) electrons. The first-order valence-electron chi connectivity index (χ1n) is 14.8. The van der Waals surface area contributed by atoms with Gasteiger partial charge in [-0.05, 0) is 70.7 Å². The first-order valence-corrected chi connectivity index (χ1v) is 15.6. The maximum absolute atomic E-state index is 14.0. The van der Waals surface area contributed by atoms with E-state index in [-0.39, 0.29) is 31.0 Å². The van der Waals surface area contributed by atoms with Gasteiger partial charge in [0.25, 0.3) is 5.56 Å². The predicted molar refractivity (Wildman–Crippen MR) is 169 cm³/mol. The summed E-state index contributed by atoms with van der Waals surface area (Å²) in [6.07, 6.45) is 5.63. The van der Waals surface area contributed by atoms with E-state index < -0.39 is 23.1 Å². The van der Waals surface area contributed by atoms with E-state index in [1.165, 1.54) is 63.3 Å². The molecule has 3 heterocycles. The van der Waals surface area contributed by atoms with Gasteiger partial charge in [0.1, 0.15) is 33.2 Å². The van der Waals surface area contributed by atoms with Gasteiger partial charge < -0.3 is 14.7 Å². The van der Waals surface area contributed by atoms with E-state index in [2.05, 4.69) is 10.2 Å². The number of amides is 1. The summed E-state index contributed by atoms with van der Waals surface area (Å²) in [4.78, 5) is 54.5. The standard InChI is InChI=1S/C25H29FN6O4S.C6H10O2/c1-14(2)29(5)21(33)16(4)31-22(34)20-15(3)23(32-27-10-11-28-32)37-24(20)30(25(31)35)12-9-17-13-18(26)7-8-19(17)36-6;7-5-1-2-6(8)4-3-5/h7-8,10-11,13-14,16H,9,12H2,1-6H3;5,7H,1-4H2. The molecular formula is C31H39FN6O6S. The maximum atomic E-state index is 14.0. The summed E-state index contributed by atoms with van der Waals surface area (Å²) in [5.74, 6) is 0.0159. The summed E-state index contributed by atoms with van der Waals surface area (Å²) >= 11 is 1.21. The Morgan fingerprint density at radius 1 is 1.16 bits per heavy atom. The number of benzene rings is 1. The number of ether oxygens (including phenoxy) is 1. The van der Waals surface area contributed by atoms with Crippen LogP contribution in [0, 0.1) is 12.7 Å². The number of aryl methyl sites for hydroxylation is 3. The van der Waals surface area contributed by atoms with E-state index in [4.69, 9.17) is 9.84 Å². The van der Waals surface area contributed by atoms with E-state index in [1.807, 2.05) is 13.8 Å². The molecule has 5 rings (SSSR count). The Kier molecular flexibility index (Phi) is 10.7. The number of aliphatic hydroxyl groups is 1. The summed E-state index contributed by atoms with van der Waals surface area (Å²) in [6.45, 7) is 7.15. The van der Waals surface area contributed by atoms with Crippen molar-refractivity contribution in [3.8, 4) is 10.8 Å². The van der Waals surface area contributed by atoms with E-state index in [0.29, 0.717) is 63.6 Å². The number of nitrogens with zero attached hydrogens (tertiary/aromatic N) is 6.